The normalized spacial score (nSPS) is 16.5. The topological polar surface area (TPSA) is 53.0 Å². The van der Waals surface area contributed by atoms with Gasteiger partial charge in [-0.3, -0.25) is 9.69 Å². The number of piperazine rings is 1. The average Bonchev–Trinajstić information content (AvgIpc) is 4.01. The highest BCUT2D eigenvalue weighted by Gasteiger charge is 2.38. The second-order valence-electron chi connectivity index (χ2n) is 16.8. The third-order valence-electron chi connectivity index (χ3n) is 11.5. The number of hydrogen-bond acceptors (Lipinski definition) is 5. The van der Waals surface area contributed by atoms with Gasteiger partial charge >= 0.3 is 0 Å². The Morgan fingerprint density at radius 2 is 1.55 bits per heavy atom. The van der Waals surface area contributed by atoms with Gasteiger partial charge < -0.3 is 14.7 Å². The zero-order chi connectivity index (χ0) is 37.5. The first-order valence-electron chi connectivity index (χ1n) is 20.3. The zero-order valence-corrected chi connectivity index (χ0v) is 33.1. The van der Waals surface area contributed by atoms with Crippen LogP contribution in [0.3, 0.4) is 0 Å². The number of phenols is 1. The minimum atomic E-state index is 0.00817. The summed E-state index contributed by atoms with van der Waals surface area (Å²) < 4.78 is 6.28. The van der Waals surface area contributed by atoms with Gasteiger partial charge in [0.1, 0.15) is 11.5 Å². The van der Waals surface area contributed by atoms with Gasteiger partial charge in [-0.25, -0.2) is 0 Å². The number of aryl methyl sites for hydroxylation is 1. The molecule has 5 nitrogen and oxygen atoms in total. The summed E-state index contributed by atoms with van der Waals surface area (Å²) in [5.74, 6) is 2.49. The van der Waals surface area contributed by atoms with Gasteiger partial charge in [0, 0.05) is 49.3 Å². The second-order valence-corrected chi connectivity index (χ2v) is 16.8. The molecule has 1 heterocycles. The van der Waals surface area contributed by atoms with E-state index in [-0.39, 0.29) is 29.0 Å². The molecule has 0 bridgehead atoms. The molecule has 1 saturated carbocycles. The Balaban J connectivity index is 1.01. The predicted octanol–water partition coefficient (Wildman–Crippen LogP) is 11.0. The minimum Gasteiger partial charge on any atom is -0.508 e. The van der Waals surface area contributed by atoms with Crippen LogP contribution in [0.25, 0.3) is 0 Å². The maximum absolute atomic E-state index is 12.7. The van der Waals surface area contributed by atoms with E-state index in [2.05, 4.69) is 110 Å². The molecule has 1 aliphatic heterocycles. The number of carbonyl (C=O) groups excluding carboxylic acids is 1. The van der Waals surface area contributed by atoms with E-state index in [1.54, 1.807) is 0 Å². The first kappa shape index (κ1) is 38.6. The van der Waals surface area contributed by atoms with E-state index < -0.39 is 0 Å². The average molecular weight is 715 g/mol. The molecule has 0 amide bonds. The van der Waals surface area contributed by atoms with Crippen LogP contribution in [-0.2, 0) is 6.42 Å². The summed E-state index contributed by atoms with van der Waals surface area (Å²) in [4.78, 5) is 17.7. The van der Waals surface area contributed by atoms with E-state index in [0.717, 1.165) is 69.9 Å². The number of hydrogen-bond donors (Lipinski definition) is 1. The zero-order valence-electron chi connectivity index (χ0n) is 33.1. The van der Waals surface area contributed by atoms with Gasteiger partial charge in [0.15, 0.2) is 5.78 Å². The summed E-state index contributed by atoms with van der Waals surface area (Å²) in [7, 11) is 0. The molecule has 2 fully saturated rings. The van der Waals surface area contributed by atoms with Gasteiger partial charge in [0.05, 0.1) is 6.61 Å². The van der Waals surface area contributed by atoms with Gasteiger partial charge in [-0.05, 0) is 133 Å². The molecule has 0 spiro atoms. The number of carbonyl (C=O) groups is 1. The first-order chi connectivity index (χ1) is 25.5. The quantitative estimate of drug-likeness (QED) is 0.0925. The van der Waals surface area contributed by atoms with Gasteiger partial charge in [0.25, 0.3) is 0 Å². The monoisotopic (exact) mass is 714 g/mol. The van der Waals surface area contributed by atoms with E-state index in [4.69, 9.17) is 4.74 Å². The van der Waals surface area contributed by atoms with Crippen molar-refractivity contribution >= 4 is 11.5 Å². The predicted molar refractivity (Wildman–Crippen MR) is 220 cm³/mol. The molecule has 0 aromatic heterocycles. The molecular weight excluding hydrogens is 653 g/mol. The fourth-order valence-electron chi connectivity index (χ4n) is 8.42. The van der Waals surface area contributed by atoms with Crippen molar-refractivity contribution in [2.75, 3.05) is 44.2 Å². The van der Waals surface area contributed by atoms with Crippen molar-refractivity contribution in [3.63, 3.8) is 0 Å². The summed E-state index contributed by atoms with van der Waals surface area (Å²) in [6.45, 7) is 19.2. The van der Waals surface area contributed by atoms with E-state index in [9.17, 15) is 9.90 Å². The molecule has 282 valence electrons. The molecule has 4 aromatic rings. The Kier molecular flexibility index (Phi) is 12.7. The summed E-state index contributed by atoms with van der Waals surface area (Å²) in [5, 5.41) is 10.5. The summed E-state index contributed by atoms with van der Waals surface area (Å²) in [6.07, 6.45) is 6.64. The van der Waals surface area contributed by atoms with Crippen LogP contribution in [0.4, 0.5) is 5.69 Å². The molecule has 1 saturated heterocycles. The largest absolute Gasteiger partial charge is 0.508 e. The Bertz CT molecular complexity index is 1780. The van der Waals surface area contributed by atoms with E-state index >= 15 is 0 Å². The van der Waals surface area contributed by atoms with Crippen LogP contribution in [0, 0.1) is 11.3 Å². The molecule has 6 rings (SSSR count). The van der Waals surface area contributed by atoms with Crippen molar-refractivity contribution in [1.82, 2.24) is 4.90 Å². The van der Waals surface area contributed by atoms with Crippen molar-refractivity contribution in [3.8, 4) is 11.5 Å². The maximum Gasteiger partial charge on any atom is 0.165 e. The van der Waals surface area contributed by atoms with E-state index in [1.165, 1.54) is 52.8 Å². The van der Waals surface area contributed by atoms with Crippen molar-refractivity contribution in [2.45, 2.75) is 97.8 Å². The van der Waals surface area contributed by atoms with Crippen LogP contribution in [0.15, 0.2) is 91.0 Å². The standard InChI is InChI=1S/C48H62N2O3/c1-7-35-32-39(20-24-42(35)47(52)34(2)3)50-29-27-49(28-30-50)26-12-9-13-31-53-41-22-18-37(19-23-41)45(43-25-21-40(51)33-44(43)36-16-17-36)46(48(4,5)6)38-14-10-8-11-15-38/h8,10-11,14-15,18-25,32-34,36,45-46,51H,7,9,12-13,16-17,26-31H2,1-6H3/t45-,46?/m1/s1. The van der Waals surface area contributed by atoms with Crippen molar-refractivity contribution in [3.05, 3.63) is 124 Å². The Labute approximate surface area is 319 Å². The molecule has 2 atom stereocenters. The van der Waals surface area contributed by atoms with Crippen LogP contribution < -0.4 is 9.64 Å². The van der Waals surface area contributed by atoms with Gasteiger partial charge in [-0.15, -0.1) is 0 Å². The van der Waals surface area contributed by atoms with Crippen LogP contribution in [0.1, 0.15) is 130 Å². The molecule has 2 aliphatic rings. The van der Waals surface area contributed by atoms with Gasteiger partial charge in [0.2, 0.25) is 0 Å². The molecule has 0 radical (unpaired) electrons. The number of Topliss-reactive ketones (excluding diaryl/α,β-unsaturated/α-hetero) is 1. The second kappa shape index (κ2) is 17.4. The highest BCUT2D eigenvalue weighted by Crippen LogP contribution is 2.53. The fourth-order valence-corrected chi connectivity index (χ4v) is 8.42. The third kappa shape index (κ3) is 9.72. The molecule has 5 heteroatoms. The number of rotatable bonds is 16. The van der Waals surface area contributed by atoms with Crippen LogP contribution in [0.2, 0.25) is 0 Å². The third-order valence-corrected chi connectivity index (χ3v) is 11.5. The number of unbranched alkanes of at least 4 members (excludes halogenated alkanes) is 2. The highest BCUT2D eigenvalue weighted by molar-refractivity contribution is 5.99. The first-order valence-corrected chi connectivity index (χ1v) is 20.3. The Hall–Kier alpha value is -4.09. The van der Waals surface area contributed by atoms with E-state index in [1.807, 2.05) is 32.0 Å². The van der Waals surface area contributed by atoms with Gasteiger partial charge in [-0.1, -0.05) is 90.1 Å². The Morgan fingerprint density at radius 1 is 0.830 bits per heavy atom. The number of phenolic OH excluding ortho intramolecular Hbond substituents is 1. The highest BCUT2D eigenvalue weighted by atomic mass is 16.5. The number of ether oxygens (including phenoxy) is 1. The lowest BCUT2D eigenvalue weighted by molar-refractivity contribution is 0.0938. The lowest BCUT2D eigenvalue weighted by atomic mass is 9.64. The van der Waals surface area contributed by atoms with Crippen LogP contribution in [-0.4, -0.2) is 55.1 Å². The molecule has 1 unspecified atom stereocenters. The van der Waals surface area contributed by atoms with Gasteiger partial charge in [-0.2, -0.15) is 0 Å². The summed E-state index contributed by atoms with van der Waals surface area (Å²) >= 11 is 0. The van der Waals surface area contributed by atoms with Crippen molar-refractivity contribution < 1.29 is 14.6 Å². The Morgan fingerprint density at radius 3 is 2.19 bits per heavy atom. The number of aromatic hydroxyl groups is 1. The molecule has 1 aliphatic carbocycles. The molecule has 4 aromatic carbocycles. The maximum atomic E-state index is 12.7. The number of benzene rings is 4. The minimum absolute atomic E-state index is 0.00817. The lowest BCUT2D eigenvalue weighted by Gasteiger charge is -2.39. The smallest absolute Gasteiger partial charge is 0.165 e. The molecule has 53 heavy (non-hydrogen) atoms. The van der Waals surface area contributed by atoms with Crippen molar-refractivity contribution in [2.24, 2.45) is 11.3 Å². The van der Waals surface area contributed by atoms with Crippen LogP contribution >= 0.6 is 0 Å². The SMILES string of the molecule is CCc1cc(N2CCN(CCCCCOc3ccc([C@H](c4ccc(O)cc4C4CC4)C(c4ccccc4)C(C)(C)C)cc3)CC2)ccc1C(=O)C(C)C. The van der Waals surface area contributed by atoms with E-state index in [0.29, 0.717) is 11.7 Å². The lowest BCUT2D eigenvalue weighted by Crippen LogP contribution is -2.46. The summed E-state index contributed by atoms with van der Waals surface area (Å²) in [6, 6.07) is 32.3. The molecular formula is C48H62N2O3. The fraction of sp³-hybridized carbons (Fsp3) is 0.479. The number of ketones is 1. The van der Waals surface area contributed by atoms with Crippen LogP contribution in [0.5, 0.6) is 11.5 Å². The molecule has 1 N–H and O–H groups in total. The number of anilines is 1. The van der Waals surface area contributed by atoms with Crippen molar-refractivity contribution in [1.29, 1.82) is 0 Å². The summed E-state index contributed by atoms with van der Waals surface area (Å²) in [5.41, 5.74) is 8.59. The number of nitrogens with zero attached hydrogens (tertiary/aromatic N) is 2.